The number of aryl methyl sites for hydroxylation is 1. The second kappa shape index (κ2) is 7.45. The van der Waals surface area contributed by atoms with Crippen LogP contribution in [0.3, 0.4) is 0 Å². The number of nitrogens with two attached hydrogens (primary N) is 1. The maximum Gasteiger partial charge on any atom is 0.249 e. The number of likely N-dealkylation sites (tertiary alicyclic amines) is 1. The Hall–Kier alpha value is -1.33. The normalized spacial score (nSPS) is 19.9. The van der Waals surface area contributed by atoms with Crippen molar-refractivity contribution in [3.8, 4) is 0 Å². The molecule has 0 bridgehead atoms. The summed E-state index contributed by atoms with van der Waals surface area (Å²) in [5.41, 5.74) is 6.60. The first-order valence-corrected chi connectivity index (χ1v) is 7.42. The summed E-state index contributed by atoms with van der Waals surface area (Å²) in [6, 6.07) is 4.32. The molecule has 2 N–H and O–H groups in total. The number of hydrogen-bond acceptors (Lipinski definition) is 3. The van der Waals surface area contributed by atoms with E-state index in [1.54, 1.807) is 0 Å². The number of ether oxygens (including phenoxy) is 1. The van der Waals surface area contributed by atoms with Crippen LogP contribution in [0.2, 0.25) is 0 Å². The van der Waals surface area contributed by atoms with Gasteiger partial charge >= 0.3 is 0 Å². The number of carbonyl (C=O) groups excluding carboxylic acids is 1. The number of hydrogen-bond donors (Lipinski definition) is 1. The fourth-order valence-electron chi connectivity index (χ4n) is 2.86. The predicted molar refractivity (Wildman–Crippen MR) is 78.2 cm³/mol. The van der Waals surface area contributed by atoms with E-state index in [0.717, 1.165) is 19.4 Å². The maximum atomic E-state index is 12.4. The Bertz CT molecular complexity index is 431. The van der Waals surface area contributed by atoms with E-state index < -0.39 is 0 Å². The molecule has 1 atom stereocenters. The van der Waals surface area contributed by atoms with E-state index in [1.165, 1.54) is 18.5 Å². The van der Waals surface area contributed by atoms with Crippen molar-refractivity contribution in [2.75, 3.05) is 26.3 Å². The molecule has 20 heavy (non-hydrogen) atoms. The monoisotopic (exact) mass is 279 g/mol. The lowest BCUT2D eigenvalue weighted by molar-refractivity contribution is -0.138. The zero-order chi connectivity index (χ0) is 14.4. The maximum absolute atomic E-state index is 12.4. The van der Waals surface area contributed by atoms with Crippen molar-refractivity contribution in [2.45, 2.75) is 31.7 Å². The highest BCUT2D eigenvalue weighted by Crippen LogP contribution is 2.30. The van der Waals surface area contributed by atoms with Crippen LogP contribution in [-0.2, 0) is 16.6 Å². The fourth-order valence-corrected chi connectivity index (χ4v) is 2.86. The third kappa shape index (κ3) is 3.61. The molecule has 0 spiro atoms. The molecule has 0 saturated carbocycles. The summed E-state index contributed by atoms with van der Waals surface area (Å²) < 4.78 is 7.42. The van der Waals surface area contributed by atoms with Crippen molar-refractivity contribution in [1.29, 1.82) is 0 Å². The quantitative estimate of drug-likeness (QED) is 0.830. The molecule has 0 radical (unpaired) electrons. The van der Waals surface area contributed by atoms with Gasteiger partial charge in [-0.25, -0.2) is 0 Å². The van der Waals surface area contributed by atoms with Crippen LogP contribution in [0.15, 0.2) is 18.3 Å². The second-order valence-electron chi connectivity index (χ2n) is 5.34. The van der Waals surface area contributed by atoms with E-state index in [9.17, 15) is 4.79 Å². The van der Waals surface area contributed by atoms with E-state index in [1.807, 2.05) is 24.2 Å². The van der Waals surface area contributed by atoms with Crippen LogP contribution in [-0.4, -0.2) is 41.7 Å². The van der Waals surface area contributed by atoms with Gasteiger partial charge in [0, 0.05) is 32.0 Å². The molecule has 2 rings (SSSR count). The number of amides is 1. The number of rotatable bonds is 5. The van der Waals surface area contributed by atoms with Gasteiger partial charge in [-0.2, -0.15) is 0 Å². The molecule has 112 valence electrons. The van der Waals surface area contributed by atoms with Gasteiger partial charge < -0.3 is 19.9 Å². The molecule has 1 aromatic rings. The number of aromatic nitrogens is 1. The summed E-state index contributed by atoms with van der Waals surface area (Å²) in [5, 5.41) is 0. The molecule has 0 aromatic carbocycles. The summed E-state index contributed by atoms with van der Waals surface area (Å²) >= 11 is 0. The van der Waals surface area contributed by atoms with Gasteiger partial charge in [0.05, 0.1) is 12.6 Å². The summed E-state index contributed by atoms with van der Waals surface area (Å²) in [7, 11) is 2.04. The van der Waals surface area contributed by atoms with Crippen LogP contribution >= 0.6 is 0 Å². The van der Waals surface area contributed by atoms with E-state index in [4.69, 9.17) is 10.5 Å². The Kier molecular flexibility index (Phi) is 5.61. The fraction of sp³-hybridized carbons (Fsp3) is 0.667. The molecular formula is C15H25N3O2. The molecule has 5 heteroatoms. The van der Waals surface area contributed by atoms with Gasteiger partial charge in [-0.05, 0) is 25.0 Å². The summed E-state index contributed by atoms with van der Waals surface area (Å²) in [6.07, 6.45) is 6.50. The first-order valence-electron chi connectivity index (χ1n) is 7.42. The number of carbonyl (C=O) groups is 1. The van der Waals surface area contributed by atoms with Crippen LogP contribution in [0.25, 0.3) is 0 Å². The standard InChI is InChI=1S/C15H25N3O2/c1-17-9-5-7-13(17)14-6-3-2-4-10-18(14)15(19)12-20-11-8-16/h5,7,9,14H,2-4,6,8,10-12,16H2,1H3. The Morgan fingerprint density at radius 1 is 1.45 bits per heavy atom. The van der Waals surface area contributed by atoms with E-state index in [-0.39, 0.29) is 18.6 Å². The highest BCUT2D eigenvalue weighted by Gasteiger charge is 2.27. The van der Waals surface area contributed by atoms with E-state index in [0.29, 0.717) is 13.2 Å². The lowest BCUT2D eigenvalue weighted by atomic mass is 10.1. The van der Waals surface area contributed by atoms with Gasteiger partial charge in [-0.15, -0.1) is 0 Å². The first kappa shape index (κ1) is 15.1. The minimum Gasteiger partial charge on any atom is -0.370 e. The van der Waals surface area contributed by atoms with Gasteiger partial charge in [-0.1, -0.05) is 12.8 Å². The summed E-state index contributed by atoms with van der Waals surface area (Å²) in [4.78, 5) is 14.4. The third-order valence-electron chi connectivity index (χ3n) is 3.89. The van der Waals surface area contributed by atoms with E-state index >= 15 is 0 Å². The van der Waals surface area contributed by atoms with Gasteiger partial charge in [0.1, 0.15) is 6.61 Å². The van der Waals surface area contributed by atoms with Crippen molar-refractivity contribution in [3.05, 3.63) is 24.0 Å². The topological polar surface area (TPSA) is 60.5 Å². The summed E-state index contributed by atoms with van der Waals surface area (Å²) in [5.74, 6) is 0.0755. The van der Waals surface area contributed by atoms with Crippen molar-refractivity contribution in [3.63, 3.8) is 0 Å². The Balaban J connectivity index is 2.09. The molecule has 1 saturated heterocycles. The van der Waals surface area contributed by atoms with Gasteiger partial charge in [-0.3, -0.25) is 4.79 Å². The lowest BCUT2D eigenvalue weighted by Gasteiger charge is -2.30. The summed E-state index contributed by atoms with van der Waals surface area (Å²) in [6.45, 7) is 1.85. The lowest BCUT2D eigenvalue weighted by Crippen LogP contribution is -2.38. The second-order valence-corrected chi connectivity index (χ2v) is 5.34. The predicted octanol–water partition coefficient (Wildman–Crippen LogP) is 1.44. The van der Waals surface area contributed by atoms with Crippen molar-refractivity contribution >= 4 is 5.91 Å². The SMILES string of the molecule is Cn1cccc1C1CCCCCN1C(=O)COCCN. The molecule has 1 aliphatic rings. The Morgan fingerprint density at radius 2 is 2.30 bits per heavy atom. The zero-order valence-corrected chi connectivity index (χ0v) is 12.3. The molecule has 1 unspecified atom stereocenters. The van der Waals surface area contributed by atoms with Crippen molar-refractivity contribution in [1.82, 2.24) is 9.47 Å². The largest absolute Gasteiger partial charge is 0.370 e. The minimum absolute atomic E-state index is 0.0755. The number of nitrogens with zero attached hydrogens (tertiary/aromatic N) is 2. The average molecular weight is 279 g/mol. The molecule has 0 aliphatic carbocycles. The molecule has 1 aromatic heterocycles. The highest BCUT2D eigenvalue weighted by molar-refractivity contribution is 5.78. The van der Waals surface area contributed by atoms with Gasteiger partial charge in [0.2, 0.25) is 5.91 Å². The third-order valence-corrected chi connectivity index (χ3v) is 3.89. The van der Waals surface area contributed by atoms with Crippen LogP contribution in [0.5, 0.6) is 0 Å². The minimum atomic E-state index is 0.0755. The molecular weight excluding hydrogens is 254 g/mol. The van der Waals surface area contributed by atoms with Crippen molar-refractivity contribution < 1.29 is 9.53 Å². The van der Waals surface area contributed by atoms with Crippen LogP contribution in [0.4, 0.5) is 0 Å². The average Bonchev–Trinajstić information content (AvgIpc) is 2.73. The Morgan fingerprint density at radius 3 is 3.00 bits per heavy atom. The zero-order valence-electron chi connectivity index (χ0n) is 12.3. The van der Waals surface area contributed by atoms with Crippen LogP contribution in [0, 0.1) is 0 Å². The van der Waals surface area contributed by atoms with E-state index in [2.05, 4.69) is 10.6 Å². The first-order chi connectivity index (χ1) is 9.74. The van der Waals surface area contributed by atoms with Gasteiger partial charge in [0.25, 0.3) is 0 Å². The molecule has 1 aliphatic heterocycles. The van der Waals surface area contributed by atoms with Gasteiger partial charge in [0.15, 0.2) is 0 Å². The molecule has 2 heterocycles. The van der Waals surface area contributed by atoms with Crippen molar-refractivity contribution in [2.24, 2.45) is 12.8 Å². The van der Waals surface area contributed by atoms with Crippen LogP contribution < -0.4 is 5.73 Å². The van der Waals surface area contributed by atoms with Crippen LogP contribution in [0.1, 0.15) is 37.4 Å². The Labute approximate surface area is 120 Å². The molecule has 1 amide bonds. The smallest absolute Gasteiger partial charge is 0.249 e. The molecule has 1 fully saturated rings. The highest BCUT2D eigenvalue weighted by atomic mass is 16.5. The molecule has 5 nitrogen and oxygen atoms in total.